The maximum atomic E-state index is 11.4. The van der Waals surface area contributed by atoms with E-state index in [0.717, 1.165) is 3.57 Å². The summed E-state index contributed by atoms with van der Waals surface area (Å²) in [6.45, 7) is 1.66. The van der Waals surface area contributed by atoms with E-state index in [1.807, 2.05) is 22.6 Å². The molecular formula is C9H7BrINO3. The second kappa shape index (κ2) is 5.02. The van der Waals surface area contributed by atoms with Crippen LogP contribution in [0.5, 0.6) is 0 Å². The first-order valence-corrected chi connectivity index (χ1v) is 6.21. The second-order valence-electron chi connectivity index (χ2n) is 2.93. The van der Waals surface area contributed by atoms with Gasteiger partial charge in [0.05, 0.1) is 10.3 Å². The summed E-state index contributed by atoms with van der Waals surface area (Å²) in [5.41, 5.74) is 0.944. The van der Waals surface area contributed by atoms with Crippen LogP contribution in [-0.2, 0) is 0 Å². The lowest BCUT2D eigenvalue weighted by Crippen LogP contribution is -2.05. The van der Waals surface area contributed by atoms with Gasteiger partial charge in [0.15, 0.2) is 5.78 Å². The fraction of sp³-hybridized carbons (Fsp3) is 0.222. The van der Waals surface area contributed by atoms with Gasteiger partial charge in [-0.1, -0.05) is 15.9 Å². The van der Waals surface area contributed by atoms with Crippen molar-refractivity contribution in [2.75, 3.05) is 5.33 Å². The normalized spacial score (nSPS) is 10.1. The van der Waals surface area contributed by atoms with Gasteiger partial charge in [-0.05, 0) is 35.6 Å². The van der Waals surface area contributed by atoms with Crippen LogP contribution in [0.2, 0.25) is 0 Å². The number of hydrogen-bond acceptors (Lipinski definition) is 3. The first-order chi connectivity index (χ1) is 6.97. The zero-order chi connectivity index (χ0) is 11.6. The minimum Gasteiger partial charge on any atom is -0.293 e. The number of rotatable bonds is 3. The third-order valence-corrected chi connectivity index (χ3v) is 3.31. The van der Waals surface area contributed by atoms with Crippen LogP contribution >= 0.6 is 38.5 Å². The summed E-state index contributed by atoms with van der Waals surface area (Å²) in [6, 6.07) is 2.98. The molecule has 0 N–H and O–H groups in total. The van der Waals surface area contributed by atoms with E-state index in [1.165, 1.54) is 6.07 Å². The molecule has 80 valence electrons. The Labute approximate surface area is 108 Å². The zero-order valence-electron chi connectivity index (χ0n) is 7.79. The number of benzene rings is 1. The fourth-order valence-corrected chi connectivity index (χ4v) is 2.37. The van der Waals surface area contributed by atoms with Crippen LogP contribution in [0.3, 0.4) is 0 Å². The molecule has 0 atom stereocenters. The van der Waals surface area contributed by atoms with E-state index in [2.05, 4.69) is 15.9 Å². The lowest BCUT2D eigenvalue weighted by Gasteiger charge is -2.03. The maximum Gasteiger partial charge on any atom is 0.273 e. The highest BCUT2D eigenvalue weighted by Crippen LogP contribution is 2.24. The molecule has 0 spiro atoms. The number of nitro groups is 1. The molecule has 1 aromatic rings. The van der Waals surface area contributed by atoms with E-state index in [9.17, 15) is 14.9 Å². The molecule has 15 heavy (non-hydrogen) atoms. The van der Waals surface area contributed by atoms with Crippen LogP contribution in [0.15, 0.2) is 12.1 Å². The molecule has 0 aliphatic carbocycles. The minimum absolute atomic E-state index is 0.0142. The molecule has 0 heterocycles. The molecule has 1 aromatic carbocycles. The fourth-order valence-electron chi connectivity index (χ4n) is 1.14. The van der Waals surface area contributed by atoms with Gasteiger partial charge in [0.2, 0.25) is 0 Å². The van der Waals surface area contributed by atoms with Crippen LogP contribution in [0.4, 0.5) is 5.69 Å². The number of aryl methyl sites for hydroxylation is 1. The van der Waals surface area contributed by atoms with Crippen molar-refractivity contribution < 1.29 is 9.72 Å². The Kier molecular flexibility index (Phi) is 4.21. The van der Waals surface area contributed by atoms with Gasteiger partial charge in [-0.15, -0.1) is 0 Å². The molecule has 6 heteroatoms. The van der Waals surface area contributed by atoms with E-state index in [-0.39, 0.29) is 16.8 Å². The number of carbonyl (C=O) groups excluding carboxylic acids is 1. The molecule has 0 amide bonds. The summed E-state index contributed by atoms with van der Waals surface area (Å²) in [5.74, 6) is -0.150. The first kappa shape index (κ1) is 12.6. The summed E-state index contributed by atoms with van der Waals surface area (Å²) >= 11 is 5.04. The van der Waals surface area contributed by atoms with Crippen molar-refractivity contribution in [1.82, 2.24) is 0 Å². The predicted molar refractivity (Wildman–Crippen MR) is 68.7 cm³/mol. The maximum absolute atomic E-state index is 11.4. The summed E-state index contributed by atoms with van der Waals surface area (Å²) in [7, 11) is 0. The zero-order valence-corrected chi connectivity index (χ0v) is 11.5. The molecule has 0 unspecified atom stereocenters. The van der Waals surface area contributed by atoms with Crippen molar-refractivity contribution in [3.63, 3.8) is 0 Å². The number of carbonyl (C=O) groups is 1. The van der Waals surface area contributed by atoms with E-state index in [1.54, 1.807) is 13.0 Å². The largest absolute Gasteiger partial charge is 0.293 e. The highest BCUT2D eigenvalue weighted by Gasteiger charge is 2.17. The number of nitro benzene ring substituents is 1. The van der Waals surface area contributed by atoms with Crippen molar-refractivity contribution in [1.29, 1.82) is 0 Å². The molecule has 4 nitrogen and oxygen atoms in total. The quantitative estimate of drug-likeness (QED) is 0.265. The van der Waals surface area contributed by atoms with Gasteiger partial charge in [0, 0.05) is 20.8 Å². The van der Waals surface area contributed by atoms with Crippen LogP contribution in [0.25, 0.3) is 0 Å². The molecule has 0 aliphatic rings. The number of nitrogens with zero attached hydrogens (tertiary/aromatic N) is 1. The smallest absolute Gasteiger partial charge is 0.273 e. The SMILES string of the molecule is Cc1cc(I)c(C(=O)CBr)cc1[N+](=O)[O-]. The Morgan fingerprint density at radius 3 is 2.67 bits per heavy atom. The number of alkyl halides is 1. The van der Waals surface area contributed by atoms with Crippen LogP contribution in [0, 0.1) is 20.6 Å². The third kappa shape index (κ3) is 2.75. The van der Waals surface area contributed by atoms with E-state index < -0.39 is 4.92 Å². The Morgan fingerprint density at radius 2 is 2.20 bits per heavy atom. The minimum atomic E-state index is -0.476. The number of halogens is 2. The van der Waals surface area contributed by atoms with Crippen LogP contribution in [-0.4, -0.2) is 16.0 Å². The molecule has 0 saturated carbocycles. The molecule has 0 saturated heterocycles. The van der Waals surface area contributed by atoms with Gasteiger partial charge < -0.3 is 0 Å². The number of ketones is 1. The molecule has 0 aromatic heterocycles. The van der Waals surface area contributed by atoms with Crippen molar-refractivity contribution >= 4 is 50.0 Å². The molecule has 1 rings (SSSR count). The van der Waals surface area contributed by atoms with Gasteiger partial charge in [0.1, 0.15) is 0 Å². The van der Waals surface area contributed by atoms with Gasteiger partial charge in [-0.3, -0.25) is 14.9 Å². The van der Waals surface area contributed by atoms with Crippen molar-refractivity contribution in [2.45, 2.75) is 6.92 Å². The third-order valence-electron chi connectivity index (χ3n) is 1.90. The van der Waals surface area contributed by atoms with Gasteiger partial charge in [-0.25, -0.2) is 0 Å². The molecule has 0 aliphatic heterocycles. The van der Waals surface area contributed by atoms with Gasteiger partial charge in [-0.2, -0.15) is 0 Å². The Balaban J connectivity index is 3.36. The highest BCUT2D eigenvalue weighted by molar-refractivity contribution is 14.1. The lowest BCUT2D eigenvalue weighted by molar-refractivity contribution is -0.385. The van der Waals surface area contributed by atoms with Crippen LogP contribution in [0.1, 0.15) is 15.9 Å². The topological polar surface area (TPSA) is 60.2 Å². The predicted octanol–water partition coefficient (Wildman–Crippen LogP) is 3.09. The monoisotopic (exact) mass is 383 g/mol. The summed E-state index contributed by atoms with van der Waals surface area (Å²) in [4.78, 5) is 21.6. The van der Waals surface area contributed by atoms with E-state index >= 15 is 0 Å². The molecule has 0 fully saturated rings. The van der Waals surface area contributed by atoms with Gasteiger partial charge >= 0.3 is 0 Å². The second-order valence-corrected chi connectivity index (χ2v) is 4.66. The Morgan fingerprint density at radius 1 is 1.60 bits per heavy atom. The lowest BCUT2D eigenvalue weighted by atomic mass is 10.1. The molecular weight excluding hydrogens is 377 g/mol. The van der Waals surface area contributed by atoms with Crippen molar-refractivity contribution in [3.8, 4) is 0 Å². The molecule has 0 bridgehead atoms. The van der Waals surface area contributed by atoms with Gasteiger partial charge in [0.25, 0.3) is 5.69 Å². The van der Waals surface area contributed by atoms with Crippen molar-refractivity contribution in [3.05, 3.63) is 36.9 Å². The average Bonchev–Trinajstić information content (AvgIpc) is 2.16. The summed E-state index contributed by atoms with van der Waals surface area (Å²) < 4.78 is 0.736. The first-order valence-electron chi connectivity index (χ1n) is 4.01. The Hall–Kier alpha value is -0.500. The average molecular weight is 384 g/mol. The highest BCUT2D eigenvalue weighted by atomic mass is 127. The summed E-state index contributed by atoms with van der Waals surface area (Å²) in [6.07, 6.45) is 0. The summed E-state index contributed by atoms with van der Waals surface area (Å²) in [5, 5.41) is 10.8. The molecule has 0 radical (unpaired) electrons. The van der Waals surface area contributed by atoms with Crippen molar-refractivity contribution in [2.24, 2.45) is 0 Å². The number of Topliss-reactive ketones (excluding diaryl/α,β-unsaturated/α-hetero) is 1. The van der Waals surface area contributed by atoms with E-state index in [0.29, 0.717) is 11.1 Å². The van der Waals surface area contributed by atoms with Crippen LogP contribution < -0.4 is 0 Å². The van der Waals surface area contributed by atoms with E-state index in [4.69, 9.17) is 0 Å². The standard InChI is InChI=1S/C9H7BrINO3/c1-5-2-7(11)6(9(13)4-10)3-8(5)12(14)15/h2-3H,4H2,1H3. The number of hydrogen-bond donors (Lipinski definition) is 0. The Bertz CT molecular complexity index is 434.